The molecule has 0 unspecified atom stereocenters. The minimum Gasteiger partial charge on any atom is -0.493 e. The lowest BCUT2D eigenvalue weighted by atomic mass is 10.2. The molecule has 0 radical (unpaired) electrons. The third kappa shape index (κ3) is 3.69. The second-order valence-corrected chi connectivity index (χ2v) is 7.11. The fourth-order valence-corrected chi connectivity index (χ4v) is 4.06. The van der Waals surface area contributed by atoms with Gasteiger partial charge in [-0.15, -0.1) is 21.5 Å². The molecule has 0 aliphatic heterocycles. The zero-order valence-electron chi connectivity index (χ0n) is 14.5. The lowest BCUT2D eigenvalue weighted by Crippen LogP contribution is -1.93. The van der Waals surface area contributed by atoms with Crippen molar-refractivity contribution in [2.45, 2.75) is 11.0 Å². The Balaban J connectivity index is 1.48. The van der Waals surface area contributed by atoms with E-state index in [0.29, 0.717) is 34.1 Å². The van der Waals surface area contributed by atoms with Gasteiger partial charge in [-0.2, -0.15) is 0 Å². The number of ether oxygens (including phenoxy) is 2. The van der Waals surface area contributed by atoms with Crippen molar-refractivity contribution in [1.82, 2.24) is 15.2 Å². The maximum atomic E-state index is 5.59. The summed E-state index contributed by atoms with van der Waals surface area (Å²) in [6.07, 6.45) is 1.57. The maximum Gasteiger partial charge on any atom is 0.284 e. The van der Waals surface area contributed by atoms with E-state index in [1.807, 2.05) is 23.6 Å². The molecule has 0 saturated heterocycles. The summed E-state index contributed by atoms with van der Waals surface area (Å²) < 4.78 is 21.7. The zero-order valence-corrected chi connectivity index (χ0v) is 16.2. The molecule has 0 N–H and O–H groups in total. The minimum atomic E-state index is 0.364. The first kappa shape index (κ1) is 17.6. The Labute approximate surface area is 163 Å². The summed E-state index contributed by atoms with van der Waals surface area (Å²) in [4.78, 5) is 4.69. The predicted octanol–water partition coefficient (Wildman–Crippen LogP) is 4.76. The van der Waals surface area contributed by atoms with Crippen molar-refractivity contribution >= 4 is 23.1 Å². The Morgan fingerprint density at radius 3 is 2.81 bits per heavy atom. The second-order valence-electron chi connectivity index (χ2n) is 5.32. The lowest BCUT2D eigenvalue weighted by Gasteiger charge is -2.10. The van der Waals surface area contributed by atoms with Crippen molar-refractivity contribution in [3.63, 3.8) is 0 Å². The van der Waals surface area contributed by atoms with E-state index in [-0.39, 0.29) is 0 Å². The number of hydrogen-bond donors (Lipinski definition) is 0. The fourth-order valence-electron chi connectivity index (χ4n) is 2.46. The molecule has 3 aromatic heterocycles. The third-order valence-electron chi connectivity index (χ3n) is 3.67. The lowest BCUT2D eigenvalue weighted by molar-refractivity contribution is 0.356. The molecule has 7 nitrogen and oxygen atoms in total. The van der Waals surface area contributed by atoms with E-state index < -0.39 is 0 Å². The summed E-state index contributed by atoms with van der Waals surface area (Å²) in [7, 11) is 3.24. The Morgan fingerprint density at radius 2 is 2.04 bits per heavy atom. The van der Waals surface area contributed by atoms with Gasteiger partial charge in [0.1, 0.15) is 5.01 Å². The molecule has 0 bridgehead atoms. The van der Waals surface area contributed by atoms with Crippen LogP contribution in [-0.2, 0) is 5.75 Å². The van der Waals surface area contributed by atoms with E-state index >= 15 is 0 Å². The van der Waals surface area contributed by atoms with E-state index in [2.05, 4.69) is 10.2 Å². The summed E-state index contributed by atoms with van der Waals surface area (Å²) in [5.41, 5.74) is 1.82. The number of nitrogens with zero attached hydrogens (tertiary/aromatic N) is 3. The maximum absolute atomic E-state index is 5.59. The molecule has 0 spiro atoms. The van der Waals surface area contributed by atoms with E-state index in [4.69, 9.17) is 23.3 Å². The highest BCUT2D eigenvalue weighted by atomic mass is 32.2. The van der Waals surface area contributed by atoms with Gasteiger partial charge in [-0.25, -0.2) is 4.98 Å². The molecular formula is C18H15N3O4S2. The molecule has 27 heavy (non-hydrogen) atoms. The predicted molar refractivity (Wildman–Crippen MR) is 102 cm³/mol. The van der Waals surface area contributed by atoms with E-state index in [0.717, 1.165) is 16.3 Å². The second kappa shape index (κ2) is 7.85. The van der Waals surface area contributed by atoms with Crippen LogP contribution in [0.5, 0.6) is 11.5 Å². The van der Waals surface area contributed by atoms with Crippen molar-refractivity contribution in [2.24, 2.45) is 0 Å². The Kier molecular flexibility index (Phi) is 5.12. The van der Waals surface area contributed by atoms with Gasteiger partial charge in [0.05, 0.1) is 31.7 Å². The van der Waals surface area contributed by atoms with Gasteiger partial charge in [0, 0.05) is 11.1 Å². The number of thiazole rings is 1. The minimum absolute atomic E-state index is 0.364. The monoisotopic (exact) mass is 401 g/mol. The topological polar surface area (TPSA) is 83.4 Å². The van der Waals surface area contributed by atoms with Crippen LogP contribution in [0.4, 0.5) is 0 Å². The summed E-state index contributed by atoms with van der Waals surface area (Å²) in [5.74, 6) is 2.88. The molecule has 1 aromatic carbocycles. The normalized spacial score (nSPS) is 10.9. The van der Waals surface area contributed by atoms with Crippen LogP contribution in [0, 0.1) is 0 Å². The molecular weight excluding hydrogens is 386 g/mol. The van der Waals surface area contributed by atoms with Crippen molar-refractivity contribution in [3.05, 3.63) is 47.7 Å². The van der Waals surface area contributed by atoms with Gasteiger partial charge in [-0.1, -0.05) is 17.8 Å². The van der Waals surface area contributed by atoms with Gasteiger partial charge in [-0.3, -0.25) is 0 Å². The van der Waals surface area contributed by atoms with Gasteiger partial charge >= 0.3 is 0 Å². The van der Waals surface area contributed by atoms with Crippen LogP contribution in [0.3, 0.4) is 0 Å². The smallest absolute Gasteiger partial charge is 0.284 e. The van der Waals surface area contributed by atoms with E-state index in [1.165, 1.54) is 11.8 Å². The summed E-state index contributed by atoms with van der Waals surface area (Å²) in [6, 6.07) is 9.29. The Morgan fingerprint density at radius 1 is 1.11 bits per heavy atom. The highest BCUT2D eigenvalue weighted by Crippen LogP contribution is 2.39. The number of aromatic nitrogens is 3. The van der Waals surface area contributed by atoms with Crippen LogP contribution in [0.25, 0.3) is 22.2 Å². The summed E-state index contributed by atoms with van der Waals surface area (Å²) >= 11 is 2.97. The first-order valence-corrected chi connectivity index (χ1v) is 9.81. The first-order valence-electron chi connectivity index (χ1n) is 7.94. The molecule has 9 heteroatoms. The average molecular weight is 401 g/mol. The van der Waals surface area contributed by atoms with Gasteiger partial charge in [-0.05, 0) is 24.3 Å². The number of para-hydroxylation sites is 1. The SMILES string of the molecule is COc1cccc(-c2nc(CSc3nnc(-c4ccco4)o3)cs2)c1OC. The van der Waals surface area contributed by atoms with Crippen molar-refractivity contribution in [1.29, 1.82) is 0 Å². The average Bonchev–Trinajstić information content (AvgIpc) is 3.46. The number of furan rings is 1. The van der Waals surface area contributed by atoms with Crippen LogP contribution in [-0.4, -0.2) is 29.4 Å². The third-order valence-corrected chi connectivity index (χ3v) is 5.44. The number of methoxy groups -OCH3 is 2. The van der Waals surface area contributed by atoms with E-state index in [1.54, 1.807) is 44.0 Å². The molecule has 0 saturated carbocycles. The van der Waals surface area contributed by atoms with Gasteiger partial charge in [0.15, 0.2) is 17.3 Å². The Hall–Kier alpha value is -2.78. The quantitative estimate of drug-likeness (QED) is 0.410. The van der Waals surface area contributed by atoms with Crippen LogP contribution in [0.15, 0.2) is 56.0 Å². The van der Waals surface area contributed by atoms with Gasteiger partial charge < -0.3 is 18.3 Å². The van der Waals surface area contributed by atoms with Crippen LogP contribution in [0.1, 0.15) is 5.69 Å². The zero-order chi connectivity index (χ0) is 18.6. The van der Waals surface area contributed by atoms with Crippen molar-refractivity contribution < 1.29 is 18.3 Å². The first-order chi connectivity index (χ1) is 13.3. The standard InChI is InChI=1S/C18H15N3O4S2/c1-22-13-6-3-5-12(15(13)23-2)17-19-11(9-26-17)10-27-18-21-20-16(25-18)14-7-4-8-24-14/h3-9H,10H2,1-2H3. The van der Waals surface area contributed by atoms with Gasteiger partial charge in [0.25, 0.3) is 11.1 Å². The van der Waals surface area contributed by atoms with Crippen LogP contribution < -0.4 is 9.47 Å². The number of benzene rings is 1. The summed E-state index contributed by atoms with van der Waals surface area (Å²) in [6.45, 7) is 0. The summed E-state index contributed by atoms with van der Waals surface area (Å²) in [5, 5.41) is 11.4. The molecule has 138 valence electrons. The molecule has 0 fully saturated rings. The van der Waals surface area contributed by atoms with Gasteiger partial charge in [0.2, 0.25) is 0 Å². The number of thioether (sulfide) groups is 1. The van der Waals surface area contributed by atoms with Crippen molar-refractivity contribution in [3.8, 4) is 33.7 Å². The molecule has 0 amide bonds. The van der Waals surface area contributed by atoms with E-state index in [9.17, 15) is 0 Å². The molecule has 4 aromatic rings. The molecule has 0 atom stereocenters. The van der Waals surface area contributed by atoms with Crippen molar-refractivity contribution in [2.75, 3.05) is 14.2 Å². The molecule has 3 heterocycles. The largest absolute Gasteiger partial charge is 0.493 e. The van der Waals surface area contributed by atoms with Crippen LogP contribution in [0.2, 0.25) is 0 Å². The number of hydrogen-bond acceptors (Lipinski definition) is 9. The van der Waals surface area contributed by atoms with Crippen LogP contribution >= 0.6 is 23.1 Å². The fraction of sp³-hybridized carbons (Fsp3) is 0.167. The number of rotatable bonds is 7. The Bertz CT molecular complexity index is 1030. The highest BCUT2D eigenvalue weighted by Gasteiger charge is 2.16. The molecule has 4 rings (SSSR count). The highest BCUT2D eigenvalue weighted by molar-refractivity contribution is 7.98. The molecule has 0 aliphatic rings. The molecule has 0 aliphatic carbocycles.